The Bertz CT molecular complexity index is 433. The number of H-pyrrole nitrogens is 1. The summed E-state index contributed by atoms with van der Waals surface area (Å²) >= 11 is 1.59. The minimum Gasteiger partial charge on any atom is -0.354 e. The SMILES string of the molecule is CCc1nnc(NCc2nc[nH]c2C)s1. The predicted octanol–water partition coefficient (Wildman–Crippen LogP) is 1.74. The van der Waals surface area contributed by atoms with Gasteiger partial charge < -0.3 is 10.3 Å². The fraction of sp³-hybridized carbons (Fsp3) is 0.444. The molecule has 0 aliphatic carbocycles. The van der Waals surface area contributed by atoms with Gasteiger partial charge in [0.2, 0.25) is 5.13 Å². The maximum atomic E-state index is 4.20. The number of anilines is 1. The van der Waals surface area contributed by atoms with E-state index < -0.39 is 0 Å². The molecule has 0 unspecified atom stereocenters. The average molecular weight is 223 g/mol. The van der Waals surface area contributed by atoms with E-state index in [1.54, 1.807) is 17.7 Å². The second-order valence-corrected chi connectivity index (χ2v) is 4.24. The minimum atomic E-state index is 0.688. The number of hydrogen-bond acceptors (Lipinski definition) is 5. The van der Waals surface area contributed by atoms with Crippen molar-refractivity contribution in [2.75, 3.05) is 5.32 Å². The molecule has 80 valence electrons. The van der Waals surface area contributed by atoms with E-state index in [-0.39, 0.29) is 0 Å². The van der Waals surface area contributed by atoms with Gasteiger partial charge in [0.1, 0.15) is 5.01 Å². The molecule has 0 bridgehead atoms. The van der Waals surface area contributed by atoms with Crippen molar-refractivity contribution >= 4 is 16.5 Å². The van der Waals surface area contributed by atoms with Crippen LogP contribution in [-0.2, 0) is 13.0 Å². The zero-order chi connectivity index (χ0) is 10.7. The van der Waals surface area contributed by atoms with Gasteiger partial charge in [-0.15, -0.1) is 10.2 Å². The number of aryl methyl sites for hydroxylation is 2. The Balaban J connectivity index is 1.96. The van der Waals surface area contributed by atoms with Crippen LogP contribution in [0.1, 0.15) is 23.3 Å². The number of aromatic nitrogens is 4. The molecular weight excluding hydrogens is 210 g/mol. The molecule has 0 saturated heterocycles. The van der Waals surface area contributed by atoms with Crippen molar-refractivity contribution in [3.05, 3.63) is 22.7 Å². The Labute approximate surface area is 92.0 Å². The molecule has 6 heteroatoms. The molecule has 0 atom stereocenters. The smallest absolute Gasteiger partial charge is 0.205 e. The van der Waals surface area contributed by atoms with E-state index in [1.165, 1.54) is 0 Å². The Kier molecular flexibility index (Phi) is 2.96. The maximum Gasteiger partial charge on any atom is 0.205 e. The van der Waals surface area contributed by atoms with Gasteiger partial charge in [-0.1, -0.05) is 18.3 Å². The number of nitrogens with one attached hydrogen (secondary N) is 2. The van der Waals surface area contributed by atoms with Crippen LogP contribution in [0.3, 0.4) is 0 Å². The molecule has 0 aromatic carbocycles. The Morgan fingerprint density at radius 1 is 1.47 bits per heavy atom. The quantitative estimate of drug-likeness (QED) is 0.828. The molecule has 2 N–H and O–H groups in total. The highest BCUT2D eigenvalue weighted by atomic mass is 32.1. The molecule has 15 heavy (non-hydrogen) atoms. The Morgan fingerprint density at radius 3 is 2.93 bits per heavy atom. The molecule has 0 fully saturated rings. The van der Waals surface area contributed by atoms with E-state index in [1.807, 2.05) is 6.92 Å². The van der Waals surface area contributed by atoms with E-state index in [9.17, 15) is 0 Å². The molecule has 2 aromatic rings. The number of hydrogen-bond donors (Lipinski definition) is 2. The lowest BCUT2D eigenvalue weighted by molar-refractivity contribution is 0.967. The summed E-state index contributed by atoms with van der Waals surface area (Å²) < 4.78 is 0. The van der Waals surface area contributed by atoms with Gasteiger partial charge in [0.25, 0.3) is 0 Å². The highest BCUT2D eigenvalue weighted by Crippen LogP contribution is 2.16. The number of nitrogens with zero attached hydrogens (tertiary/aromatic N) is 3. The van der Waals surface area contributed by atoms with Gasteiger partial charge >= 0.3 is 0 Å². The first kappa shape index (κ1) is 10.1. The third kappa shape index (κ3) is 2.33. The second-order valence-electron chi connectivity index (χ2n) is 3.18. The fourth-order valence-corrected chi connectivity index (χ4v) is 1.87. The molecule has 0 radical (unpaired) electrons. The zero-order valence-electron chi connectivity index (χ0n) is 8.74. The van der Waals surface area contributed by atoms with Gasteiger partial charge in [-0.3, -0.25) is 0 Å². The third-order valence-electron chi connectivity index (χ3n) is 2.11. The fourth-order valence-electron chi connectivity index (χ4n) is 1.19. The highest BCUT2D eigenvalue weighted by molar-refractivity contribution is 7.15. The molecule has 0 aliphatic rings. The van der Waals surface area contributed by atoms with Gasteiger partial charge in [-0.25, -0.2) is 4.98 Å². The Morgan fingerprint density at radius 2 is 2.33 bits per heavy atom. The van der Waals surface area contributed by atoms with Crippen molar-refractivity contribution in [2.45, 2.75) is 26.8 Å². The Hall–Kier alpha value is -1.43. The predicted molar refractivity (Wildman–Crippen MR) is 59.9 cm³/mol. The van der Waals surface area contributed by atoms with Crippen molar-refractivity contribution in [1.29, 1.82) is 0 Å². The molecule has 2 heterocycles. The summed E-state index contributed by atoms with van der Waals surface area (Å²) in [5.74, 6) is 0. The lowest BCUT2D eigenvalue weighted by atomic mass is 10.3. The number of aromatic amines is 1. The van der Waals surface area contributed by atoms with Crippen LogP contribution in [0.2, 0.25) is 0 Å². The van der Waals surface area contributed by atoms with Crippen molar-refractivity contribution in [2.24, 2.45) is 0 Å². The molecule has 0 saturated carbocycles. The largest absolute Gasteiger partial charge is 0.354 e. The first-order chi connectivity index (χ1) is 7.29. The summed E-state index contributed by atoms with van der Waals surface area (Å²) in [6.07, 6.45) is 2.63. The monoisotopic (exact) mass is 223 g/mol. The molecule has 2 aromatic heterocycles. The molecule has 5 nitrogen and oxygen atoms in total. The van der Waals surface area contributed by atoms with Crippen LogP contribution in [0.25, 0.3) is 0 Å². The molecule has 0 spiro atoms. The van der Waals surface area contributed by atoms with E-state index in [0.29, 0.717) is 6.54 Å². The summed E-state index contributed by atoms with van der Waals surface area (Å²) in [6.45, 7) is 4.76. The van der Waals surface area contributed by atoms with Crippen LogP contribution in [0.15, 0.2) is 6.33 Å². The van der Waals surface area contributed by atoms with Gasteiger partial charge in [0, 0.05) is 5.69 Å². The van der Waals surface area contributed by atoms with Crippen LogP contribution < -0.4 is 5.32 Å². The summed E-state index contributed by atoms with van der Waals surface area (Å²) in [4.78, 5) is 7.23. The lowest BCUT2D eigenvalue weighted by Gasteiger charge is -1.98. The van der Waals surface area contributed by atoms with Gasteiger partial charge in [0.15, 0.2) is 0 Å². The van der Waals surface area contributed by atoms with Crippen LogP contribution >= 0.6 is 11.3 Å². The number of imidazole rings is 1. The maximum absolute atomic E-state index is 4.20. The standard InChI is InChI=1S/C9H13N5S/c1-3-8-13-14-9(15-8)10-4-7-6(2)11-5-12-7/h5H,3-4H2,1-2H3,(H,10,14)(H,11,12). The molecule has 0 amide bonds. The van der Waals surface area contributed by atoms with Gasteiger partial charge in [-0.05, 0) is 13.3 Å². The van der Waals surface area contributed by atoms with E-state index >= 15 is 0 Å². The highest BCUT2D eigenvalue weighted by Gasteiger charge is 2.04. The summed E-state index contributed by atoms with van der Waals surface area (Å²) in [5, 5.41) is 13.2. The molecule has 2 rings (SSSR count). The summed E-state index contributed by atoms with van der Waals surface area (Å²) in [7, 11) is 0. The van der Waals surface area contributed by atoms with Crippen LogP contribution in [-0.4, -0.2) is 20.2 Å². The van der Waals surface area contributed by atoms with Crippen LogP contribution in [0.4, 0.5) is 5.13 Å². The van der Waals surface area contributed by atoms with Crippen LogP contribution in [0, 0.1) is 6.92 Å². The minimum absolute atomic E-state index is 0.688. The van der Waals surface area contributed by atoms with Crippen molar-refractivity contribution in [3.8, 4) is 0 Å². The first-order valence-electron chi connectivity index (χ1n) is 4.84. The van der Waals surface area contributed by atoms with Crippen LogP contribution in [0.5, 0.6) is 0 Å². The van der Waals surface area contributed by atoms with Gasteiger partial charge in [-0.2, -0.15) is 0 Å². The normalized spacial score (nSPS) is 10.5. The zero-order valence-corrected chi connectivity index (χ0v) is 9.56. The number of rotatable bonds is 4. The van der Waals surface area contributed by atoms with Crippen molar-refractivity contribution in [3.63, 3.8) is 0 Å². The van der Waals surface area contributed by atoms with E-state index in [0.717, 1.165) is 27.9 Å². The average Bonchev–Trinajstić information content (AvgIpc) is 2.84. The van der Waals surface area contributed by atoms with Gasteiger partial charge in [0.05, 0.1) is 18.6 Å². The third-order valence-corrected chi connectivity index (χ3v) is 3.14. The summed E-state index contributed by atoms with van der Waals surface area (Å²) in [5.41, 5.74) is 2.10. The van der Waals surface area contributed by atoms with E-state index in [4.69, 9.17) is 0 Å². The van der Waals surface area contributed by atoms with Crippen molar-refractivity contribution in [1.82, 2.24) is 20.2 Å². The molecule has 0 aliphatic heterocycles. The van der Waals surface area contributed by atoms with Crippen molar-refractivity contribution < 1.29 is 0 Å². The lowest BCUT2D eigenvalue weighted by Crippen LogP contribution is -2.00. The first-order valence-corrected chi connectivity index (χ1v) is 5.66. The molecular formula is C9H13N5S. The summed E-state index contributed by atoms with van der Waals surface area (Å²) in [6, 6.07) is 0. The second kappa shape index (κ2) is 4.39. The van der Waals surface area contributed by atoms with E-state index in [2.05, 4.69) is 32.4 Å². The topological polar surface area (TPSA) is 66.5 Å².